The fraction of sp³-hybridized carbons (Fsp3) is 0.667. The summed E-state index contributed by atoms with van der Waals surface area (Å²) in [6.07, 6.45) is 6.13. The molecule has 0 amide bonds. The maximum absolute atomic E-state index is 10.6. The van der Waals surface area contributed by atoms with Crippen LogP contribution in [0.5, 0.6) is 0 Å². The smallest absolute Gasteiger partial charge is 0.186 e. The zero-order valence-electron chi connectivity index (χ0n) is 10.1. The minimum absolute atomic E-state index is 0.312. The molecule has 94 valence electrons. The van der Waals surface area contributed by atoms with Crippen LogP contribution in [0.25, 0.3) is 0 Å². The number of nitrogens with zero attached hydrogens (tertiary/aromatic N) is 2. The predicted octanol–water partition coefficient (Wildman–Crippen LogP) is 2.35. The van der Waals surface area contributed by atoms with Gasteiger partial charge in [-0.25, -0.2) is 4.98 Å². The second kappa shape index (κ2) is 6.12. The van der Waals surface area contributed by atoms with Crippen LogP contribution in [-0.2, 0) is 4.74 Å². The number of rotatable bonds is 5. The van der Waals surface area contributed by atoms with Crippen molar-refractivity contribution in [2.75, 3.05) is 24.6 Å². The molecule has 1 aliphatic rings. The van der Waals surface area contributed by atoms with Crippen LogP contribution in [0.15, 0.2) is 6.20 Å². The highest BCUT2D eigenvalue weighted by Gasteiger charge is 2.22. The largest absolute Gasteiger partial charge is 0.376 e. The molecule has 1 aliphatic heterocycles. The molecule has 2 heterocycles. The first-order chi connectivity index (χ1) is 8.33. The quantitative estimate of drug-likeness (QED) is 0.756. The van der Waals surface area contributed by atoms with Gasteiger partial charge in [0.1, 0.15) is 0 Å². The molecule has 1 fully saturated rings. The highest BCUT2D eigenvalue weighted by Crippen LogP contribution is 2.25. The molecule has 0 radical (unpaired) electrons. The molecule has 0 saturated carbocycles. The van der Waals surface area contributed by atoms with Crippen molar-refractivity contribution in [3.05, 3.63) is 11.1 Å². The van der Waals surface area contributed by atoms with E-state index in [9.17, 15) is 4.79 Å². The minimum Gasteiger partial charge on any atom is -0.376 e. The van der Waals surface area contributed by atoms with Gasteiger partial charge in [0, 0.05) is 19.7 Å². The third-order valence-electron chi connectivity index (χ3n) is 2.83. The molecule has 1 saturated heterocycles. The summed E-state index contributed by atoms with van der Waals surface area (Å²) in [5, 5.41) is 0.942. The molecule has 17 heavy (non-hydrogen) atoms. The lowest BCUT2D eigenvalue weighted by molar-refractivity contribution is 0.0440. The SMILES string of the molecule is CCCOC1CCCN(c2ncc(C=O)s2)C1. The fourth-order valence-electron chi connectivity index (χ4n) is 2.01. The Hall–Kier alpha value is -0.940. The molecule has 1 atom stereocenters. The van der Waals surface area contributed by atoms with Gasteiger partial charge in [0.15, 0.2) is 11.4 Å². The average Bonchev–Trinajstić information content (AvgIpc) is 2.85. The molecule has 0 N–H and O–H groups in total. The number of carbonyl (C=O) groups excluding carboxylic acids is 1. The first-order valence-electron chi connectivity index (χ1n) is 6.11. The summed E-state index contributed by atoms with van der Waals surface area (Å²) < 4.78 is 5.78. The average molecular weight is 254 g/mol. The molecule has 1 aromatic rings. The number of ether oxygens (including phenoxy) is 1. The zero-order valence-corrected chi connectivity index (χ0v) is 10.9. The van der Waals surface area contributed by atoms with Crippen molar-refractivity contribution in [1.29, 1.82) is 0 Å². The van der Waals surface area contributed by atoms with Gasteiger partial charge in [0.05, 0.1) is 17.2 Å². The third kappa shape index (κ3) is 3.26. The van der Waals surface area contributed by atoms with E-state index in [-0.39, 0.29) is 0 Å². The molecule has 5 heteroatoms. The number of aromatic nitrogens is 1. The van der Waals surface area contributed by atoms with E-state index in [1.807, 2.05) is 0 Å². The Balaban J connectivity index is 1.94. The summed E-state index contributed by atoms with van der Waals surface area (Å²) in [6.45, 7) is 4.86. The van der Waals surface area contributed by atoms with Gasteiger partial charge in [-0.15, -0.1) is 0 Å². The van der Waals surface area contributed by atoms with Crippen molar-refractivity contribution in [3.63, 3.8) is 0 Å². The van der Waals surface area contributed by atoms with E-state index in [4.69, 9.17) is 4.74 Å². The molecule has 0 aromatic carbocycles. The van der Waals surface area contributed by atoms with E-state index in [0.717, 1.165) is 50.4 Å². The van der Waals surface area contributed by atoms with Crippen LogP contribution in [0.4, 0.5) is 5.13 Å². The number of aldehydes is 1. The van der Waals surface area contributed by atoms with Crippen molar-refractivity contribution in [2.24, 2.45) is 0 Å². The summed E-state index contributed by atoms with van der Waals surface area (Å²) in [5.41, 5.74) is 0. The minimum atomic E-state index is 0.312. The van der Waals surface area contributed by atoms with Crippen molar-refractivity contribution < 1.29 is 9.53 Å². The van der Waals surface area contributed by atoms with Crippen molar-refractivity contribution in [3.8, 4) is 0 Å². The topological polar surface area (TPSA) is 42.4 Å². The Bertz CT molecular complexity index is 367. The van der Waals surface area contributed by atoms with E-state index >= 15 is 0 Å². The van der Waals surface area contributed by atoms with Crippen molar-refractivity contribution >= 4 is 22.8 Å². The summed E-state index contributed by atoms with van der Waals surface area (Å²) in [7, 11) is 0. The van der Waals surface area contributed by atoms with Crippen molar-refractivity contribution in [2.45, 2.75) is 32.3 Å². The third-order valence-corrected chi connectivity index (χ3v) is 3.82. The Labute approximate surface area is 106 Å². The normalized spacial score (nSPS) is 20.5. The standard InChI is InChI=1S/C12H18N2O2S/c1-2-6-16-10-4-3-5-14(8-10)12-13-7-11(9-15)17-12/h7,9-10H,2-6,8H2,1H3. The van der Waals surface area contributed by atoms with Crippen molar-refractivity contribution in [1.82, 2.24) is 4.98 Å². The Kier molecular flexibility index (Phi) is 4.50. The van der Waals surface area contributed by atoms with Gasteiger partial charge in [-0.2, -0.15) is 0 Å². The maximum atomic E-state index is 10.6. The number of thiazole rings is 1. The zero-order chi connectivity index (χ0) is 12.1. The van der Waals surface area contributed by atoms with E-state index in [1.165, 1.54) is 11.3 Å². The second-order valence-corrected chi connectivity index (χ2v) is 5.28. The van der Waals surface area contributed by atoms with Gasteiger partial charge >= 0.3 is 0 Å². The first-order valence-corrected chi connectivity index (χ1v) is 6.92. The van der Waals surface area contributed by atoms with Crippen LogP contribution in [0.2, 0.25) is 0 Å². The Morgan fingerprint density at radius 3 is 3.29 bits per heavy atom. The number of carbonyl (C=O) groups is 1. The van der Waals surface area contributed by atoms with Crippen LogP contribution in [-0.4, -0.2) is 37.1 Å². The number of hydrogen-bond donors (Lipinski definition) is 0. The molecule has 2 rings (SSSR count). The maximum Gasteiger partial charge on any atom is 0.186 e. The van der Waals surface area contributed by atoms with Crippen LogP contribution >= 0.6 is 11.3 Å². The highest BCUT2D eigenvalue weighted by atomic mass is 32.1. The lowest BCUT2D eigenvalue weighted by Gasteiger charge is -2.32. The summed E-state index contributed by atoms with van der Waals surface area (Å²) >= 11 is 1.46. The van der Waals surface area contributed by atoms with Gasteiger partial charge in [-0.1, -0.05) is 18.3 Å². The Morgan fingerprint density at radius 2 is 2.59 bits per heavy atom. The number of hydrogen-bond acceptors (Lipinski definition) is 5. The van der Waals surface area contributed by atoms with Gasteiger partial charge in [0.2, 0.25) is 0 Å². The second-order valence-electron chi connectivity index (χ2n) is 4.24. The van der Waals surface area contributed by atoms with Crippen LogP contribution in [0.3, 0.4) is 0 Å². The molecule has 1 aromatic heterocycles. The van der Waals surface area contributed by atoms with Gasteiger partial charge in [0.25, 0.3) is 0 Å². The number of anilines is 1. The summed E-state index contributed by atoms with van der Waals surface area (Å²) in [4.78, 5) is 17.8. The fourth-order valence-corrected chi connectivity index (χ4v) is 2.77. The molecule has 0 bridgehead atoms. The van der Waals surface area contributed by atoms with Gasteiger partial charge < -0.3 is 9.64 Å². The van der Waals surface area contributed by atoms with E-state index in [1.54, 1.807) is 6.20 Å². The summed E-state index contributed by atoms with van der Waals surface area (Å²) in [5.74, 6) is 0. The summed E-state index contributed by atoms with van der Waals surface area (Å²) in [6, 6.07) is 0. The Morgan fingerprint density at radius 1 is 1.71 bits per heavy atom. The van der Waals surface area contributed by atoms with E-state index in [0.29, 0.717) is 11.0 Å². The van der Waals surface area contributed by atoms with Gasteiger partial charge in [-0.3, -0.25) is 4.79 Å². The molecule has 4 nitrogen and oxygen atoms in total. The predicted molar refractivity (Wildman–Crippen MR) is 69.0 cm³/mol. The van der Waals surface area contributed by atoms with Crippen LogP contribution in [0.1, 0.15) is 35.9 Å². The van der Waals surface area contributed by atoms with E-state index < -0.39 is 0 Å². The first kappa shape index (κ1) is 12.5. The van der Waals surface area contributed by atoms with E-state index in [2.05, 4.69) is 16.8 Å². The monoisotopic (exact) mass is 254 g/mol. The highest BCUT2D eigenvalue weighted by molar-refractivity contribution is 7.17. The van der Waals surface area contributed by atoms with Gasteiger partial charge in [-0.05, 0) is 19.3 Å². The lowest BCUT2D eigenvalue weighted by atomic mass is 10.1. The molecular weight excluding hydrogens is 236 g/mol. The molecular formula is C12H18N2O2S. The lowest BCUT2D eigenvalue weighted by Crippen LogP contribution is -2.39. The molecule has 1 unspecified atom stereocenters. The number of piperidine rings is 1. The molecule has 0 aliphatic carbocycles. The molecule has 0 spiro atoms. The van der Waals surface area contributed by atoms with Crippen LogP contribution < -0.4 is 4.90 Å². The van der Waals surface area contributed by atoms with Crippen LogP contribution in [0, 0.1) is 0 Å².